The molecule has 29 heavy (non-hydrogen) atoms. The highest BCUT2D eigenvalue weighted by Crippen LogP contribution is 2.39. The minimum absolute atomic E-state index is 0.108. The quantitative estimate of drug-likeness (QED) is 0.332. The van der Waals surface area contributed by atoms with Crippen LogP contribution in [0.5, 0.6) is 0 Å². The van der Waals surface area contributed by atoms with Gasteiger partial charge in [0.1, 0.15) is 11.9 Å². The van der Waals surface area contributed by atoms with Gasteiger partial charge in [-0.3, -0.25) is 4.79 Å². The largest absolute Gasteiger partial charge is 0.402 e. The number of aromatic nitrogens is 3. The lowest BCUT2D eigenvalue weighted by molar-refractivity contribution is -0.103. The van der Waals surface area contributed by atoms with Gasteiger partial charge in [0.15, 0.2) is 20.3 Å². The summed E-state index contributed by atoms with van der Waals surface area (Å²) in [6.07, 6.45) is 6.43. The van der Waals surface area contributed by atoms with Crippen molar-refractivity contribution >= 4 is 19.7 Å². The third-order valence-corrected chi connectivity index (χ3v) is 6.32. The van der Waals surface area contributed by atoms with Crippen molar-refractivity contribution in [3.05, 3.63) is 30.2 Å². The van der Waals surface area contributed by atoms with Crippen molar-refractivity contribution in [2.75, 3.05) is 13.2 Å². The molecule has 0 spiro atoms. The lowest BCUT2D eigenvalue weighted by Gasteiger charge is -2.41. The van der Waals surface area contributed by atoms with Gasteiger partial charge >= 0.3 is 0 Å². The summed E-state index contributed by atoms with van der Waals surface area (Å²) in [7, 11) is -1.85. The van der Waals surface area contributed by atoms with Gasteiger partial charge in [-0.05, 0) is 63.4 Å². The summed E-state index contributed by atoms with van der Waals surface area (Å²) in [5, 5.41) is 4.08. The fraction of sp³-hybridized carbons (Fsp3) is 0.571. The Balaban J connectivity index is 1.52. The minimum Gasteiger partial charge on any atom is -0.402 e. The lowest BCUT2D eigenvalue weighted by Crippen LogP contribution is -2.45. The molecule has 0 aromatic carbocycles. The molecule has 0 unspecified atom stereocenters. The zero-order valence-corrected chi connectivity index (χ0v) is 18.2. The molecule has 0 N–H and O–H groups in total. The smallest absolute Gasteiger partial charge is 0.237 e. The van der Waals surface area contributed by atoms with E-state index in [-0.39, 0.29) is 12.1 Å². The number of nitrogens with zero attached hydrogens (tertiary/aromatic N) is 3. The van der Waals surface area contributed by atoms with E-state index in [2.05, 4.69) is 41.6 Å². The van der Waals surface area contributed by atoms with Crippen LogP contribution in [0.3, 0.4) is 0 Å². The summed E-state index contributed by atoms with van der Waals surface area (Å²) in [4.78, 5) is 16.8. The van der Waals surface area contributed by atoms with Gasteiger partial charge in [-0.25, -0.2) is 9.50 Å². The van der Waals surface area contributed by atoms with Crippen LogP contribution in [0.2, 0.25) is 19.6 Å². The Kier molecular flexibility index (Phi) is 5.58. The topological polar surface area (TPSA) is 75.0 Å². The SMILES string of the molecule is C[Si](C)(C)OC1(C#CC(=O)c2ccc3ncnn3c2)CCC(C2OCCO2)CC1. The van der Waals surface area contributed by atoms with Crippen molar-refractivity contribution in [1.29, 1.82) is 0 Å². The Hall–Kier alpha value is -2.05. The molecule has 2 aliphatic rings. The highest BCUT2D eigenvalue weighted by Gasteiger charge is 2.41. The zero-order chi connectivity index (χ0) is 20.5. The first-order valence-corrected chi connectivity index (χ1v) is 13.5. The van der Waals surface area contributed by atoms with E-state index >= 15 is 0 Å². The Morgan fingerprint density at radius 2 is 1.97 bits per heavy atom. The van der Waals surface area contributed by atoms with Gasteiger partial charge in [-0.15, -0.1) is 0 Å². The monoisotopic (exact) mass is 413 g/mol. The van der Waals surface area contributed by atoms with E-state index in [1.165, 1.54) is 6.33 Å². The molecule has 2 aromatic rings. The number of rotatable bonds is 4. The van der Waals surface area contributed by atoms with Crippen molar-refractivity contribution in [2.45, 2.75) is 57.2 Å². The zero-order valence-electron chi connectivity index (χ0n) is 17.2. The second kappa shape index (κ2) is 7.99. The molecule has 154 valence electrons. The molecule has 1 aliphatic carbocycles. The number of fused-ring (bicyclic) bond motifs is 1. The van der Waals surface area contributed by atoms with E-state index in [1.54, 1.807) is 22.8 Å². The van der Waals surface area contributed by atoms with Crippen LogP contribution in [-0.4, -0.2) is 53.8 Å². The first-order valence-electron chi connectivity index (χ1n) is 10.1. The molecule has 3 heterocycles. The molecule has 1 saturated heterocycles. The molecule has 1 aliphatic heterocycles. The van der Waals surface area contributed by atoms with Crippen LogP contribution in [-0.2, 0) is 13.9 Å². The van der Waals surface area contributed by atoms with Crippen molar-refractivity contribution in [3.63, 3.8) is 0 Å². The molecular formula is C21H27N3O4Si. The molecule has 7 nitrogen and oxygen atoms in total. The van der Waals surface area contributed by atoms with E-state index in [4.69, 9.17) is 13.9 Å². The lowest BCUT2D eigenvalue weighted by atomic mass is 9.78. The van der Waals surface area contributed by atoms with Gasteiger partial charge in [-0.1, -0.05) is 5.92 Å². The van der Waals surface area contributed by atoms with Gasteiger partial charge < -0.3 is 13.9 Å². The van der Waals surface area contributed by atoms with Crippen molar-refractivity contribution < 1.29 is 18.7 Å². The molecule has 8 heteroatoms. The van der Waals surface area contributed by atoms with Crippen LogP contribution in [0.25, 0.3) is 5.65 Å². The van der Waals surface area contributed by atoms with Crippen LogP contribution in [0.1, 0.15) is 36.0 Å². The van der Waals surface area contributed by atoms with Gasteiger partial charge in [0, 0.05) is 17.7 Å². The van der Waals surface area contributed by atoms with Crippen LogP contribution >= 0.6 is 0 Å². The maximum Gasteiger partial charge on any atom is 0.237 e. The fourth-order valence-corrected chi connectivity index (χ4v) is 5.49. The first kappa shape index (κ1) is 20.2. The van der Waals surface area contributed by atoms with Crippen LogP contribution in [0.4, 0.5) is 0 Å². The highest BCUT2D eigenvalue weighted by molar-refractivity contribution is 6.69. The summed E-state index contributed by atoms with van der Waals surface area (Å²) < 4.78 is 19.5. The van der Waals surface area contributed by atoms with E-state index in [9.17, 15) is 4.79 Å². The third kappa shape index (κ3) is 4.75. The van der Waals surface area contributed by atoms with E-state index in [0.29, 0.717) is 30.3 Å². The van der Waals surface area contributed by atoms with Gasteiger partial charge in [0.25, 0.3) is 0 Å². The van der Waals surface area contributed by atoms with E-state index in [1.807, 2.05) is 0 Å². The summed E-state index contributed by atoms with van der Waals surface area (Å²) >= 11 is 0. The fourth-order valence-electron chi connectivity index (χ4n) is 4.06. The van der Waals surface area contributed by atoms with E-state index in [0.717, 1.165) is 25.7 Å². The Morgan fingerprint density at radius 1 is 1.24 bits per heavy atom. The second-order valence-corrected chi connectivity index (χ2v) is 13.1. The molecule has 2 fully saturated rings. The summed E-state index contributed by atoms with van der Waals surface area (Å²) in [6.45, 7) is 7.81. The van der Waals surface area contributed by atoms with Gasteiger partial charge in [0.05, 0.1) is 13.2 Å². The third-order valence-electron chi connectivity index (χ3n) is 5.31. The summed E-state index contributed by atoms with van der Waals surface area (Å²) in [6, 6.07) is 3.50. The molecular weight excluding hydrogens is 386 g/mol. The molecule has 0 radical (unpaired) electrons. The Labute approximate surface area is 171 Å². The number of carbonyl (C=O) groups excluding carboxylic acids is 1. The standard InChI is InChI=1S/C21H27N3O4Si/c1-29(2,3)28-21(9-6-16(7-10-21)20-26-12-13-27-20)11-8-18(25)17-4-5-19-22-15-23-24(19)14-17/h4-5,14-16,20H,6-7,9-10,12-13H2,1-3H3. The molecule has 0 bridgehead atoms. The van der Waals surface area contributed by atoms with E-state index < -0.39 is 13.9 Å². The number of carbonyl (C=O) groups is 1. The summed E-state index contributed by atoms with van der Waals surface area (Å²) in [5.74, 6) is 6.22. The number of ketones is 1. The number of ether oxygens (including phenoxy) is 2. The predicted octanol–water partition coefficient (Wildman–Crippen LogP) is 3.07. The molecule has 4 rings (SSSR count). The number of Topliss-reactive ketones (excluding diaryl/α,β-unsaturated/α-hetero) is 1. The van der Waals surface area contributed by atoms with Crippen molar-refractivity contribution in [3.8, 4) is 11.8 Å². The maximum atomic E-state index is 12.7. The maximum absolute atomic E-state index is 12.7. The van der Waals surface area contributed by atoms with Crippen LogP contribution in [0, 0.1) is 17.8 Å². The average Bonchev–Trinajstić information content (AvgIpc) is 3.36. The second-order valence-electron chi connectivity index (χ2n) is 8.72. The first-order chi connectivity index (χ1) is 13.8. The van der Waals surface area contributed by atoms with Crippen molar-refractivity contribution in [1.82, 2.24) is 14.6 Å². The number of hydrogen-bond acceptors (Lipinski definition) is 6. The Bertz CT molecular complexity index is 942. The highest BCUT2D eigenvalue weighted by atomic mass is 28.4. The van der Waals surface area contributed by atoms with Gasteiger partial charge in [0.2, 0.25) is 5.78 Å². The van der Waals surface area contributed by atoms with Crippen LogP contribution < -0.4 is 0 Å². The minimum atomic E-state index is -1.85. The molecule has 0 amide bonds. The normalized spacial score (nSPS) is 25.7. The summed E-state index contributed by atoms with van der Waals surface area (Å²) in [5.41, 5.74) is 0.620. The molecule has 2 aromatic heterocycles. The molecule has 0 atom stereocenters. The average molecular weight is 414 g/mol. The predicted molar refractivity (Wildman–Crippen MR) is 110 cm³/mol. The van der Waals surface area contributed by atoms with Crippen molar-refractivity contribution in [2.24, 2.45) is 5.92 Å². The molecule has 1 saturated carbocycles. The van der Waals surface area contributed by atoms with Gasteiger partial charge in [-0.2, -0.15) is 5.10 Å². The number of hydrogen-bond donors (Lipinski definition) is 0. The van der Waals surface area contributed by atoms with Crippen LogP contribution in [0.15, 0.2) is 24.7 Å². The number of pyridine rings is 1. The Morgan fingerprint density at radius 3 is 2.66 bits per heavy atom.